The van der Waals surface area contributed by atoms with Gasteiger partial charge in [-0.25, -0.2) is 0 Å². The molecule has 8 heteroatoms. The first kappa shape index (κ1) is 25.5. The maximum atomic E-state index is 14.4. The molecule has 1 spiro atoms. The van der Waals surface area contributed by atoms with Crippen LogP contribution in [0.15, 0.2) is 43.5 Å². The van der Waals surface area contributed by atoms with E-state index in [1.165, 1.54) is 6.08 Å². The van der Waals surface area contributed by atoms with E-state index in [-0.39, 0.29) is 36.8 Å². The molecular weight excluding hydrogens is 464 g/mol. The summed E-state index contributed by atoms with van der Waals surface area (Å²) in [4.78, 5) is 44.5. The molecule has 0 aliphatic carbocycles. The number of hydrogen-bond donors (Lipinski definition) is 1. The van der Waals surface area contributed by atoms with Crippen molar-refractivity contribution in [2.24, 2.45) is 11.8 Å². The lowest BCUT2D eigenvalue weighted by Gasteiger charge is -2.37. The van der Waals surface area contributed by atoms with Crippen LogP contribution in [0.3, 0.4) is 0 Å². The Bertz CT molecular complexity index is 1040. The number of fused-ring (bicyclic) bond motifs is 1. The first-order valence-corrected chi connectivity index (χ1v) is 13.0. The summed E-state index contributed by atoms with van der Waals surface area (Å²) in [6, 6.07) is 5.25. The van der Waals surface area contributed by atoms with Crippen molar-refractivity contribution in [1.29, 1.82) is 0 Å². The number of thioether (sulfide) groups is 1. The fourth-order valence-electron chi connectivity index (χ4n) is 6.01. The van der Waals surface area contributed by atoms with Crippen LogP contribution in [0.5, 0.6) is 0 Å². The highest BCUT2D eigenvalue weighted by atomic mass is 32.2. The predicted octanol–water partition coefficient (Wildman–Crippen LogP) is 3.03. The van der Waals surface area contributed by atoms with Crippen molar-refractivity contribution < 1.29 is 24.2 Å². The number of likely N-dealkylation sites (tertiary alicyclic amines) is 1. The first-order chi connectivity index (χ1) is 16.8. The number of aliphatic hydroxyl groups excluding tert-OH is 1. The topological polar surface area (TPSA) is 87.2 Å². The zero-order valence-corrected chi connectivity index (χ0v) is 21.3. The third-order valence-corrected chi connectivity index (χ3v) is 9.39. The Kier molecular flexibility index (Phi) is 7.43. The fraction of sp³-hybridized carbons (Fsp3) is 0.519. The van der Waals surface area contributed by atoms with Crippen LogP contribution in [-0.2, 0) is 19.1 Å². The molecule has 3 aliphatic heterocycles. The Labute approximate surface area is 211 Å². The summed E-state index contributed by atoms with van der Waals surface area (Å²) < 4.78 is 4.70. The molecule has 1 aromatic rings. The Balaban J connectivity index is 1.77. The predicted molar refractivity (Wildman–Crippen MR) is 137 cm³/mol. The summed E-state index contributed by atoms with van der Waals surface area (Å²) in [5.74, 6) is -1.94. The molecule has 4 rings (SSSR count). The molecule has 1 N–H and O–H groups in total. The molecular formula is C27H34N2O5S. The summed E-state index contributed by atoms with van der Waals surface area (Å²) in [7, 11) is 0. The number of carbonyl (C=O) groups is 3. The van der Waals surface area contributed by atoms with Crippen molar-refractivity contribution in [3.05, 3.63) is 54.6 Å². The lowest BCUT2D eigenvalue weighted by atomic mass is 9.71. The summed E-state index contributed by atoms with van der Waals surface area (Å²) in [6.07, 6.45) is 5.01. The van der Waals surface area contributed by atoms with E-state index in [0.717, 1.165) is 23.2 Å². The molecule has 0 saturated carbocycles. The maximum Gasteiger partial charge on any atom is 0.311 e. The fourth-order valence-corrected chi connectivity index (χ4v) is 8.21. The molecule has 0 radical (unpaired) electrons. The number of rotatable bonds is 10. The SMILES string of the molecule is C=CCOC(=O)[C@@H]1[C@@H]2CCC3(S2)C(C(=O)N(CC=C)c2cc(C)ccc2C)N(CCCO)C(=O)[C@H]13. The largest absolute Gasteiger partial charge is 0.461 e. The van der Waals surface area contributed by atoms with Crippen LogP contribution in [-0.4, -0.2) is 70.1 Å². The van der Waals surface area contributed by atoms with Crippen LogP contribution >= 0.6 is 11.8 Å². The number of benzene rings is 1. The molecule has 35 heavy (non-hydrogen) atoms. The number of ether oxygens (including phenoxy) is 1. The standard InChI is InChI=1S/C27H34N2O5S/c1-5-12-28(19-16-17(3)8-9-18(19)4)25(32)23-27-11-10-20(35-27)21(26(33)34-15-6-2)22(27)24(31)29(23)13-7-14-30/h5-6,8-9,16,20-23,30H,1-2,7,10-15H2,3-4H3/t20-,21+,22-,23?,27?/m0/s1. The number of hydrogen-bond acceptors (Lipinski definition) is 6. The summed E-state index contributed by atoms with van der Waals surface area (Å²) in [6.45, 7) is 12.0. The molecule has 3 aliphatic rings. The smallest absolute Gasteiger partial charge is 0.311 e. The Morgan fingerprint density at radius 2 is 2.09 bits per heavy atom. The van der Waals surface area contributed by atoms with Gasteiger partial charge in [-0.05, 0) is 50.3 Å². The Morgan fingerprint density at radius 1 is 1.31 bits per heavy atom. The van der Waals surface area contributed by atoms with E-state index in [2.05, 4.69) is 13.2 Å². The third kappa shape index (κ3) is 4.20. The highest BCUT2D eigenvalue weighted by Crippen LogP contribution is 2.66. The molecule has 3 heterocycles. The van der Waals surface area contributed by atoms with Crippen LogP contribution in [0.2, 0.25) is 0 Å². The molecule has 0 aromatic heterocycles. The minimum atomic E-state index is -0.724. The van der Waals surface area contributed by atoms with Gasteiger partial charge in [0.1, 0.15) is 12.6 Å². The van der Waals surface area contributed by atoms with Gasteiger partial charge in [0.05, 0.1) is 16.6 Å². The van der Waals surface area contributed by atoms with Crippen LogP contribution in [0.25, 0.3) is 0 Å². The molecule has 2 bridgehead atoms. The molecule has 1 aromatic carbocycles. The van der Waals surface area contributed by atoms with E-state index in [9.17, 15) is 19.5 Å². The third-order valence-electron chi connectivity index (χ3n) is 7.44. The number of aliphatic hydroxyl groups is 1. The van der Waals surface area contributed by atoms with Crippen molar-refractivity contribution in [3.8, 4) is 0 Å². The van der Waals surface area contributed by atoms with Gasteiger partial charge < -0.3 is 19.6 Å². The molecule has 2 unspecified atom stereocenters. The minimum Gasteiger partial charge on any atom is -0.461 e. The van der Waals surface area contributed by atoms with E-state index in [4.69, 9.17) is 4.74 Å². The molecule has 188 valence electrons. The van der Waals surface area contributed by atoms with Gasteiger partial charge in [-0.2, -0.15) is 0 Å². The summed E-state index contributed by atoms with van der Waals surface area (Å²) >= 11 is 1.61. The van der Waals surface area contributed by atoms with E-state index in [1.807, 2.05) is 32.0 Å². The zero-order chi connectivity index (χ0) is 25.3. The monoisotopic (exact) mass is 498 g/mol. The normalized spacial score (nSPS) is 28.7. The average molecular weight is 499 g/mol. The van der Waals surface area contributed by atoms with Gasteiger partial charge in [0, 0.05) is 30.6 Å². The lowest BCUT2D eigenvalue weighted by Crippen LogP contribution is -2.55. The van der Waals surface area contributed by atoms with Crippen LogP contribution in [0.4, 0.5) is 5.69 Å². The molecule has 5 atom stereocenters. The second kappa shape index (κ2) is 10.2. The molecule has 3 saturated heterocycles. The van der Waals surface area contributed by atoms with Gasteiger partial charge in [0.2, 0.25) is 5.91 Å². The van der Waals surface area contributed by atoms with Crippen molar-refractivity contribution >= 4 is 35.2 Å². The highest BCUT2D eigenvalue weighted by molar-refractivity contribution is 8.02. The highest BCUT2D eigenvalue weighted by Gasteiger charge is 2.74. The first-order valence-electron chi connectivity index (χ1n) is 12.2. The average Bonchev–Trinajstić information content (AvgIpc) is 3.48. The quantitative estimate of drug-likeness (QED) is 0.394. The number of aryl methyl sites for hydroxylation is 2. The van der Waals surface area contributed by atoms with E-state index in [1.54, 1.807) is 27.6 Å². The second-order valence-corrected chi connectivity index (χ2v) is 11.2. The van der Waals surface area contributed by atoms with Crippen molar-refractivity contribution in [1.82, 2.24) is 4.90 Å². The molecule has 7 nitrogen and oxygen atoms in total. The summed E-state index contributed by atoms with van der Waals surface area (Å²) in [5, 5.41) is 9.46. The number of carbonyl (C=O) groups excluding carboxylic acids is 3. The van der Waals surface area contributed by atoms with Gasteiger partial charge >= 0.3 is 5.97 Å². The lowest BCUT2D eigenvalue weighted by molar-refractivity contribution is -0.153. The van der Waals surface area contributed by atoms with Gasteiger partial charge in [-0.3, -0.25) is 14.4 Å². The van der Waals surface area contributed by atoms with Crippen molar-refractivity contribution in [2.45, 2.75) is 49.1 Å². The zero-order valence-electron chi connectivity index (χ0n) is 20.4. The van der Waals surface area contributed by atoms with Crippen LogP contribution in [0.1, 0.15) is 30.4 Å². The maximum absolute atomic E-state index is 14.4. The van der Waals surface area contributed by atoms with Crippen LogP contribution in [0, 0.1) is 25.7 Å². The van der Waals surface area contributed by atoms with Gasteiger partial charge in [0.15, 0.2) is 0 Å². The second-order valence-electron chi connectivity index (χ2n) is 9.61. The number of anilines is 1. The number of esters is 1. The minimum absolute atomic E-state index is 0.0508. The van der Waals surface area contributed by atoms with Gasteiger partial charge in [-0.1, -0.05) is 30.9 Å². The number of amides is 2. The Hall–Kier alpha value is -2.58. The Morgan fingerprint density at radius 3 is 2.77 bits per heavy atom. The van der Waals surface area contributed by atoms with E-state index in [0.29, 0.717) is 19.4 Å². The molecule has 3 fully saturated rings. The van der Waals surface area contributed by atoms with Crippen LogP contribution < -0.4 is 4.90 Å². The van der Waals surface area contributed by atoms with Gasteiger partial charge in [-0.15, -0.1) is 18.3 Å². The van der Waals surface area contributed by atoms with Gasteiger partial charge in [0.25, 0.3) is 5.91 Å². The number of nitrogens with zero attached hydrogens (tertiary/aromatic N) is 2. The van der Waals surface area contributed by atoms with Crippen molar-refractivity contribution in [3.63, 3.8) is 0 Å². The van der Waals surface area contributed by atoms with Crippen molar-refractivity contribution in [2.75, 3.05) is 31.2 Å². The molecule has 2 amide bonds. The van der Waals surface area contributed by atoms with E-state index < -0.39 is 28.6 Å². The summed E-state index contributed by atoms with van der Waals surface area (Å²) in [5.41, 5.74) is 2.79. The van der Waals surface area contributed by atoms with E-state index >= 15 is 0 Å².